The first kappa shape index (κ1) is 13.6. The van der Waals surface area contributed by atoms with Crippen LogP contribution in [0.4, 0.5) is 8.78 Å². The Labute approximate surface area is 109 Å². The van der Waals surface area contributed by atoms with Crippen molar-refractivity contribution in [2.24, 2.45) is 0 Å². The Hall–Kier alpha value is -0.500. The van der Waals surface area contributed by atoms with Crippen LogP contribution in [-0.4, -0.2) is 16.1 Å². The summed E-state index contributed by atoms with van der Waals surface area (Å²) in [5, 5.41) is 8.62. The Morgan fingerprint density at radius 1 is 1.62 bits per heavy atom. The number of carbonyl (C=O) groups is 1. The van der Waals surface area contributed by atoms with Crippen LogP contribution in [0.25, 0.3) is 0 Å². The molecule has 0 radical (unpaired) electrons. The summed E-state index contributed by atoms with van der Waals surface area (Å²) in [5.41, 5.74) is 0.349. The molecule has 0 amide bonds. The number of nitrogens with zero attached hydrogens (tertiary/aromatic N) is 1. The zero-order valence-corrected chi connectivity index (χ0v) is 10.8. The van der Waals surface area contributed by atoms with Crippen molar-refractivity contribution in [3.63, 3.8) is 0 Å². The number of hydrogen-bond donors (Lipinski definition) is 1. The molecule has 0 aliphatic heterocycles. The number of aliphatic carboxylic acids is 1. The molecule has 0 saturated carbocycles. The summed E-state index contributed by atoms with van der Waals surface area (Å²) in [6.45, 7) is 0. The Morgan fingerprint density at radius 2 is 2.25 bits per heavy atom. The third kappa shape index (κ3) is 3.24. The quantitative estimate of drug-likeness (QED) is 0.510. The van der Waals surface area contributed by atoms with Crippen LogP contribution in [0.1, 0.15) is 23.2 Å². The van der Waals surface area contributed by atoms with Crippen molar-refractivity contribution in [1.82, 2.24) is 4.98 Å². The van der Waals surface area contributed by atoms with E-state index in [0.717, 1.165) is 0 Å². The molecular weight excluding hydrogens is 354 g/mol. The molecule has 0 atom stereocenters. The average Bonchev–Trinajstić information content (AvgIpc) is 2.16. The number of hydrogen-bond acceptors (Lipinski definition) is 2. The van der Waals surface area contributed by atoms with Gasteiger partial charge in [0.05, 0.1) is 12.1 Å². The number of carboxylic acids is 1. The SMILES string of the molecule is O=C(O)Cc1nc(I)c(C(F)F)cc1CCl. The van der Waals surface area contributed by atoms with Crippen molar-refractivity contribution < 1.29 is 18.7 Å². The van der Waals surface area contributed by atoms with Crippen molar-refractivity contribution in [3.8, 4) is 0 Å². The molecule has 1 aromatic rings. The molecule has 16 heavy (non-hydrogen) atoms. The molecule has 0 fully saturated rings. The minimum Gasteiger partial charge on any atom is -0.481 e. The molecule has 0 aliphatic carbocycles. The fourth-order valence-corrected chi connectivity index (χ4v) is 2.06. The van der Waals surface area contributed by atoms with Crippen molar-refractivity contribution in [1.29, 1.82) is 0 Å². The van der Waals surface area contributed by atoms with Gasteiger partial charge in [0.2, 0.25) is 0 Å². The fraction of sp³-hybridized carbons (Fsp3) is 0.333. The second-order valence-electron chi connectivity index (χ2n) is 2.98. The van der Waals surface area contributed by atoms with Crippen LogP contribution >= 0.6 is 34.2 Å². The van der Waals surface area contributed by atoms with E-state index in [-0.39, 0.29) is 27.3 Å². The average molecular weight is 362 g/mol. The van der Waals surface area contributed by atoms with Gasteiger partial charge in [0.1, 0.15) is 3.70 Å². The Balaban J connectivity index is 3.20. The molecule has 0 saturated heterocycles. The van der Waals surface area contributed by atoms with Crippen molar-refractivity contribution >= 4 is 40.2 Å². The molecule has 0 aliphatic rings. The summed E-state index contributed by atoms with van der Waals surface area (Å²) in [6.07, 6.45) is -2.96. The number of carboxylic acid groups (broad SMARTS) is 1. The zero-order chi connectivity index (χ0) is 12.3. The third-order valence-electron chi connectivity index (χ3n) is 1.87. The molecule has 0 aromatic carbocycles. The molecule has 0 bridgehead atoms. The topological polar surface area (TPSA) is 50.2 Å². The smallest absolute Gasteiger partial charge is 0.309 e. The van der Waals surface area contributed by atoms with E-state index >= 15 is 0 Å². The lowest BCUT2D eigenvalue weighted by atomic mass is 10.1. The summed E-state index contributed by atoms with van der Waals surface area (Å²) in [4.78, 5) is 14.4. The first-order valence-electron chi connectivity index (χ1n) is 4.19. The number of rotatable bonds is 4. The van der Waals surface area contributed by atoms with E-state index in [0.29, 0.717) is 5.56 Å². The van der Waals surface area contributed by atoms with Crippen molar-refractivity contribution in [2.75, 3.05) is 0 Å². The standard InChI is InChI=1S/C9H7ClF2INO2/c10-3-4-1-5(8(11)12)9(13)14-6(4)2-7(15)16/h1,8H,2-3H2,(H,15,16). The van der Waals surface area contributed by atoms with Gasteiger partial charge in [0.15, 0.2) is 0 Å². The maximum atomic E-state index is 12.5. The van der Waals surface area contributed by atoms with Crippen molar-refractivity contribution in [3.05, 3.63) is 26.6 Å². The zero-order valence-electron chi connectivity index (χ0n) is 7.88. The van der Waals surface area contributed by atoms with Crippen LogP contribution in [0, 0.1) is 3.70 Å². The van der Waals surface area contributed by atoms with Gasteiger partial charge in [0, 0.05) is 11.4 Å². The van der Waals surface area contributed by atoms with E-state index in [1.807, 2.05) is 0 Å². The number of halogens is 4. The lowest BCUT2D eigenvalue weighted by Crippen LogP contribution is -2.08. The predicted molar refractivity (Wildman–Crippen MR) is 62.8 cm³/mol. The fourth-order valence-electron chi connectivity index (χ4n) is 1.15. The monoisotopic (exact) mass is 361 g/mol. The van der Waals surface area contributed by atoms with E-state index in [1.54, 1.807) is 22.6 Å². The first-order valence-corrected chi connectivity index (χ1v) is 5.81. The van der Waals surface area contributed by atoms with Crippen LogP contribution in [0.5, 0.6) is 0 Å². The molecule has 1 heterocycles. The third-order valence-corrected chi connectivity index (χ3v) is 3.02. The van der Waals surface area contributed by atoms with E-state index in [2.05, 4.69) is 4.98 Å². The molecular formula is C9H7ClF2INO2. The number of pyridine rings is 1. The van der Waals surface area contributed by atoms with Crippen LogP contribution in [-0.2, 0) is 17.1 Å². The highest BCUT2D eigenvalue weighted by molar-refractivity contribution is 14.1. The van der Waals surface area contributed by atoms with E-state index < -0.39 is 12.4 Å². The summed E-state index contributed by atoms with van der Waals surface area (Å²) in [7, 11) is 0. The molecule has 88 valence electrons. The highest BCUT2D eigenvalue weighted by atomic mass is 127. The number of alkyl halides is 3. The summed E-state index contributed by atoms with van der Waals surface area (Å²) < 4.78 is 25.2. The maximum Gasteiger partial charge on any atom is 0.309 e. The minimum atomic E-state index is -2.64. The molecule has 0 spiro atoms. The normalized spacial score (nSPS) is 10.8. The molecule has 7 heteroatoms. The van der Waals surface area contributed by atoms with Gasteiger partial charge >= 0.3 is 5.97 Å². The Kier molecular flexibility index (Phi) is 4.85. The van der Waals surface area contributed by atoms with Crippen molar-refractivity contribution in [2.45, 2.75) is 18.7 Å². The molecule has 1 aromatic heterocycles. The van der Waals surface area contributed by atoms with Crippen LogP contribution in [0.15, 0.2) is 6.07 Å². The number of aromatic nitrogens is 1. The van der Waals surface area contributed by atoms with Gasteiger partial charge < -0.3 is 5.11 Å². The van der Waals surface area contributed by atoms with E-state index in [1.165, 1.54) is 6.07 Å². The highest BCUT2D eigenvalue weighted by Crippen LogP contribution is 2.26. The van der Waals surface area contributed by atoms with E-state index in [4.69, 9.17) is 16.7 Å². The summed E-state index contributed by atoms with van der Waals surface area (Å²) in [5.74, 6) is -1.11. The van der Waals surface area contributed by atoms with Gasteiger partial charge in [-0.25, -0.2) is 13.8 Å². The lowest BCUT2D eigenvalue weighted by molar-refractivity contribution is -0.136. The molecule has 1 N–H and O–H groups in total. The largest absolute Gasteiger partial charge is 0.481 e. The Bertz CT molecular complexity index is 415. The van der Waals surface area contributed by atoms with Gasteiger partial charge in [-0.3, -0.25) is 4.79 Å². The molecule has 1 rings (SSSR count). The predicted octanol–water partition coefficient (Wildman–Crippen LogP) is 2.99. The van der Waals surface area contributed by atoms with Gasteiger partial charge in [0.25, 0.3) is 6.43 Å². The Morgan fingerprint density at radius 3 is 2.69 bits per heavy atom. The maximum absolute atomic E-state index is 12.5. The highest BCUT2D eigenvalue weighted by Gasteiger charge is 2.17. The van der Waals surface area contributed by atoms with E-state index in [9.17, 15) is 13.6 Å². The van der Waals surface area contributed by atoms with Crippen LogP contribution in [0.2, 0.25) is 0 Å². The lowest BCUT2D eigenvalue weighted by Gasteiger charge is -2.09. The molecule has 0 unspecified atom stereocenters. The van der Waals surface area contributed by atoms with Gasteiger partial charge in [-0.05, 0) is 34.2 Å². The van der Waals surface area contributed by atoms with Gasteiger partial charge in [-0.1, -0.05) is 0 Å². The first-order chi connectivity index (χ1) is 7.45. The van der Waals surface area contributed by atoms with Gasteiger partial charge in [-0.2, -0.15) is 0 Å². The van der Waals surface area contributed by atoms with Gasteiger partial charge in [-0.15, -0.1) is 11.6 Å². The second-order valence-corrected chi connectivity index (χ2v) is 4.27. The summed E-state index contributed by atoms with van der Waals surface area (Å²) >= 11 is 7.22. The minimum absolute atomic E-state index is 0.0355. The van der Waals surface area contributed by atoms with Crippen LogP contribution < -0.4 is 0 Å². The second kappa shape index (κ2) is 5.72. The molecule has 3 nitrogen and oxygen atoms in total. The van der Waals surface area contributed by atoms with Crippen LogP contribution in [0.3, 0.4) is 0 Å². The summed E-state index contributed by atoms with van der Waals surface area (Å²) in [6, 6.07) is 1.21.